The fraction of sp³-hybridized carbons (Fsp3) is 0.444. The van der Waals surface area contributed by atoms with E-state index in [0.717, 1.165) is 39.1 Å². The second-order valence-corrected chi connectivity index (χ2v) is 6.12. The van der Waals surface area contributed by atoms with Crippen LogP contribution < -0.4 is 10.6 Å². The molecule has 0 saturated carbocycles. The first kappa shape index (κ1) is 23.4. The third kappa shape index (κ3) is 7.46. The highest BCUT2D eigenvalue weighted by Crippen LogP contribution is 2.19. The molecule has 0 bridgehead atoms. The van der Waals surface area contributed by atoms with E-state index in [0.29, 0.717) is 23.7 Å². The number of rotatable bonds is 7. The highest BCUT2D eigenvalue weighted by molar-refractivity contribution is 5.85. The molecule has 0 spiro atoms. The summed E-state index contributed by atoms with van der Waals surface area (Å²) in [6.07, 6.45) is 2.59. The Bertz CT molecular complexity index is 691. The smallest absolute Gasteiger partial charge is 0.226 e. The zero-order valence-corrected chi connectivity index (χ0v) is 16.6. The van der Waals surface area contributed by atoms with Crippen molar-refractivity contribution in [3.8, 4) is 11.5 Å². The highest BCUT2D eigenvalue weighted by Gasteiger charge is 2.11. The Morgan fingerprint density at radius 2 is 1.93 bits per heavy atom. The lowest BCUT2D eigenvalue weighted by molar-refractivity contribution is -0.120. The number of benzene rings is 1. The summed E-state index contributed by atoms with van der Waals surface area (Å²) in [4.78, 5) is 18.7. The molecule has 2 aromatic rings. The minimum absolute atomic E-state index is 0. The molecule has 1 aliphatic rings. The molecule has 150 valence electrons. The number of carbonyl (C=O) groups is 1. The molecule has 1 saturated heterocycles. The van der Waals surface area contributed by atoms with Gasteiger partial charge >= 0.3 is 0 Å². The van der Waals surface area contributed by atoms with Crippen molar-refractivity contribution in [2.24, 2.45) is 0 Å². The van der Waals surface area contributed by atoms with Crippen molar-refractivity contribution in [2.45, 2.75) is 12.8 Å². The third-order valence-corrected chi connectivity index (χ3v) is 4.17. The lowest BCUT2D eigenvalue weighted by Crippen LogP contribution is -2.44. The van der Waals surface area contributed by atoms with Crippen LogP contribution in [0.3, 0.4) is 0 Å². The van der Waals surface area contributed by atoms with Crippen LogP contribution in [0.4, 0.5) is 4.39 Å². The van der Waals surface area contributed by atoms with E-state index in [4.69, 9.17) is 4.42 Å². The van der Waals surface area contributed by atoms with Crippen molar-refractivity contribution in [1.82, 2.24) is 20.5 Å². The summed E-state index contributed by atoms with van der Waals surface area (Å²) in [6, 6.07) is 5.90. The first-order valence-corrected chi connectivity index (χ1v) is 8.61. The molecule has 3 rings (SSSR count). The van der Waals surface area contributed by atoms with Crippen molar-refractivity contribution < 1.29 is 13.6 Å². The molecule has 1 aromatic heterocycles. The van der Waals surface area contributed by atoms with Crippen molar-refractivity contribution in [2.75, 3.05) is 39.3 Å². The Kier molecular flexibility index (Phi) is 10.3. The van der Waals surface area contributed by atoms with Gasteiger partial charge in [0.1, 0.15) is 12.1 Å². The van der Waals surface area contributed by atoms with E-state index in [1.54, 1.807) is 12.1 Å². The molecular weight excluding hydrogens is 394 g/mol. The van der Waals surface area contributed by atoms with Gasteiger partial charge in [-0.3, -0.25) is 4.79 Å². The molecule has 1 amide bonds. The second-order valence-electron chi connectivity index (χ2n) is 6.12. The summed E-state index contributed by atoms with van der Waals surface area (Å²) in [7, 11) is 0. The molecule has 1 aromatic carbocycles. The zero-order chi connectivity index (χ0) is 17.5. The minimum Gasteiger partial charge on any atom is -0.444 e. The molecule has 9 heteroatoms. The van der Waals surface area contributed by atoms with Crippen LogP contribution in [0, 0.1) is 5.82 Å². The summed E-state index contributed by atoms with van der Waals surface area (Å²) in [5.74, 6) is 0.0106. The van der Waals surface area contributed by atoms with E-state index in [2.05, 4.69) is 20.5 Å². The molecule has 1 fully saturated rings. The first-order valence-electron chi connectivity index (χ1n) is 8.61. The maximum Gasteiger partial charge on any atom is 0.226 e. The molecule has 27 heavy (non-hydrogen) atoms. The van der Waals surface area contributed by atoms with E-state index in [1.165, 1.54) is 18.4 Å². The number of oxazole rings is 1. The number of carbonyl (C=O) groups excluding carboxylic acids is 1. The van der Waals surface area contributed by atoms with E-state index in [9.17, 15) is 9.18 Å². The van der Waals surface area contributed by atoms with Gasteiger partial charge in [0.25, 0.3) is 0 Å². The average Bonchev–Trinajstić information content (AvgIpc) is 3.09. The van der Waals surface area contributed by atoms with Gasteiger partial charge < -0.3 is 20.0 Å². The number of hydrogen-bond acceptors (Lipinski definition) is 5. The Morgan fingerprint density at radius 1 is 1.22 bits per heavy atom. The van der Waals surface area contributed by atoms with Gasteiger partial charge in [0.15, 0.2) is 0 Å². The Labute approximate surface area is 170 Å². The lowest BCUT2D eigenvalue weighted by atomic mass is 10.2. The molecule has 0 aliphatic carbocycles. The maximum atomic E-state index is 12.9. The van der Waals surface area contributed by atoms with Crippen molar-refractivity contribution in [3.05, 3.63) is 42.0 Å². The SMILES string of the molecule is Cl.Cl.O=C(Cc1coc(-c2ccc(F)cc2)n1)NCCCN1CCNCC1. The van der Waals surface area contributed by atoms with Crippen LogP contribution in [-0.2, 0) is 11.2 Å². The van der Waals surface area contributed by atoms with Crippen LogP contribution in [0.25, 0.3) is 11.5 Å². The van der Waals surface area contributed by atoms with Gasteiger partial charge in [-0.25, -0.2) is 9.37 Å². The largest absolute Gasteiger partial charge is 0.444 e. The monoisotopic (exact) mass is 418 g/mol. The summed E-state index contributed by atoms with van der Waals surface area (Å²) in [5, 5.41) is 6.24. The summed E-state index contributed by atoms with van der Waals surface area (Å²) in [5.41, 5.74) is 1.25. The number of piperazine rings is 1. The molecule has 6 nitrogen and oxygen atoms in total. The van der Waals surface area contributed by atoms with Gasteiger partial charge in [-0.1, -0.05) is 0 Å². The number of nitrogens with zero attached hydrogens (tertiary/aromatic N) is 2. The van der Waals surface area contributed by atoms with E-state index < -0.39 is 0 Å². The maximum absolute atomic E-state index is 12.9. The van der Waals surface area contributed by atoms with Gasteiger partial charge in [-0.15, -0.1) is 24.8 Å². The average molecular weight is 419 g/mol. The van der Waals surface area contributed by atoms with Crippen molar-refractivity contribution >= 4 is 30.7 Å². The molecule has 0 unspecified atom stereocenters. The fourth-order valence-electron chi connectivity index (χ4n) is 2.81. The van der Waals surface area contributed by atoms with Crippen LogP contribution >= 0.6 is 24.8 Å². The molecule has 2 N–H and O–H groups in total. The van der Waals surface area contributed by atoms with Crippen molar-refractivity contribution in [3.63, 3.8) is 0 Å². The highest BCUT2D eigenvalue weighted by atomic mass is 35.5. The van der Waals surface area contributed by atoms with Crippen LogP contribution in [0.1, 0.15) is 12.1 Å². The standard InChI is InChI=1S/C18H23FN4O2.2ClH/c19-15-4-2-14(3-5-15)18-22-16(13-25-18)12-17(24)21-6-1-9-23-10-7-20-8-11-23;;/h2-5,13,20H,1,6-12H2,(H,21,24);2*1H. The van der Waals surface area contributed by atoms with Gasteiger partial charge in [0.2, 0.25) is 11.8 Å². The Balaban J connectivity index is 0.00000182. The van der Waals surface area contributed by atoms with Gasteiger partial charge in [-0.2, -0.15) is 0 Å². The Hall–Kier alpha value is -1.67. The van der Waals surface area contributed by atoms with Gasteiger partial charge in [0, 0.05) is 38.3 Å². The number of hydrogen-bond donors (Lipinski definition) is 2. The molecule has 0 radical (unpaired) electrons. The number of halogens is 3. The third-order valence-electron chi connectivity index (χ3n) is 4.17. The number of amides is 1. The lowest BCUT2D eigenvalue weighted by Gasteiger charge is -2.27. The predicted molar refractivity (Wildman–Crippen MR) is 107 cm³/mol. The molecule has 0 atom stereocenters. The second kappa shape index (κ2) is 11.9. The summed E-state index contributed by atoms with van der Waals surface area (Å²) in [6.45, 7) is 5.87. The molecule has 1 aliphatic heterocycles. The van der Waals surface area contributed by atoms with Crippen molar-refractivity contribution in [1.29, 1.82) is 0 Å². The number of nitrogens with one attached hydrogen (secondary N) is 2. The quantitative estimate of drug-likeness (QED) is 0.674. The topological polar surface area (TPSA) is 70.4 Å². The van der Waals surface area contributed by atoms with Crippen LogP contribution in [0.5, 0.6) is 0 Å². The van der Waals surface area contributed by atoms with E-state index in [-0.39, 0.29) is 43.0 Å². The number of aromatic nitrogens is 1. The minimum atomic E-state index is -0.310. The predicted octanol–water partition coefficient (Wildman–Crippen LogP) is 2.28. The summed E-state index contributed by atoms with van der Waals surface area (Å²) < 4.78 is 18.3. The molecular formula is C18H25Cl2FN4O2. The van der Waals surface area contributed by atoms with E-state index in [1.807, 2.05) is 0 Å². The van der Waals surface area contributed by atoms with E-state index >= 15 is 0 Å². The van der Waals surface area contributed by atoms with Crippen LogP contribution in [-0.4, -0.2) is 55.1 Å². The molecule has 2 heterocycles. The van der Waals surface area contributed by atoms with Gasteiger partial charge in [0.05, 0.1) is 12.1 Å². The van der Waals surface area contributed by atoms with Gasteiger partial charge in [-0.05, 0) is 37.2 Å². The normalized spacial score (nSPS) is 14.1. The van der Waals surface area contributed by atoms with Crippen LogP contribution in [0.15, 0.2) is 34.9 Å². The fourth-order valence-corrected chi connectivity index (χ4v) is 2.81. The summed E-state index contributed by atoms with van der Waals surface area (Å²) >= 11 is 0. The first-order chi connectivity index (χ1) is 12.2. The Morgan fingerprint density at radius 3 is 2.63 bits per heavy atom. The zero-order valence-electron chi connectivity index (χ0n) is 14.9. The van der Waals surface area contributed by atoms with Crippen LogP contribution in [0.2, 0.25) is 0 Å².